The molecule has 1 N–H and O–H groups in total. The van der Waals surface area contributed by atoms with Crippen LogP contribution in [-0.4, -0.2) is 60.9 Å². The van der Waals surface area contributed by atoms with Crippen molar-refractivity contribution in [1.82, 2.24) is 9.21 Å². The second-order valence-corrected chi connectivity index (χ2v) is 9.46. The molecule has 0 unspecified atom stereocenters. The second-order valence-electron chi connectivity index (χ2n) is 7.52. The molecule has 27 heavy (non-hydrogen) atoms. The van der Waals surface area contributed by atoms with E-state index in [1.54, 1.807) is 11.9 Å². The van der Waals surface area contributed by atoms with Gasteiger partial charge in [0.1, 0.15) is 5.82 Å². The van der Waals surface area contributed by atoms with Crippen molar-refractivity contribution in [3.8, 4) is 0 Å². The van der Waals surface area contributed by atoms with Crippen LogP contribution in [0.15, 0.2) is 29.2 Å². The number of hydrogen-bond acceptors (Lipinski definition) is 4. The zero-order valence-electron chi connectivity index (χ0n) is 15.6. The molecule has 0 spiro atoms. The van der Waals surface area contributed by atoms with Gasteiger partial charge in [-0.05, 0) is 49.9 Å². The lowest BCUT2D eigenvalue weighted by molar-refractivity contribution is -0.140. The molecule has 0 bridgehead atoms. The minimum Gasteiger partial charge on any atom is -0.391 e. The molecule has 1 saturated carbocycles. The Hall–Kier alpha value is -1.51. The monoisotopic (exact) mass is 398 g/mol. The van der Waals surface area contributed by atoms with Gasteiger partial charge in [0, 0.05) is 20.1 Å². The summed E-state index contributed by atoms with van der Waals surface area (Å²) >= 11 is 0. The molecule has 1 saturated heterocycles. The molecule has 1 aromatic rings. The number of carbonyl (C=O) groups excluding carboxylic acids is 1. The SMILES string of the molecule is CN(C(=O)[C@H]1CCCN(S(=O)(=O)c2ccc(F)cc2)C1)[C@@H]1CCCC[C@H]1O. The molecular formula is C19H27FN2O4S. The van der Waals surface area contributed by atoms with Gasteiger partial charge in [-0.3, -0.25) is 4.79 Å². The van der Waals surface area contributed by atoms with E-state index in [4.69, 9.17) is 0 Å². The van der Waals surface area contributed by atoms with Gasteiger partial charge >= 0.3 is 0 Å². The number of aliphatic hydroxyl groups excluding tert-OH is 1. The molecule has 3 rings (SSSR count). The van der Waals surface area contributed by atoms with Crippen LogP contribution in [0, 0.1) is 11.7 Å². The fourth-order valence-electron chi connectivity index (χ4n) is 4.11. The van der Waals surface area contributed by atoms with E-state index < -0.39 is 27.9 Å². The van der Waals surface area contributed by atoms with Gasteiger partial charge in [-0.1, -0.05) is 12.8 Å². The molecule has 1 amide bonds. The Balaban J connectivity index is 1.71. The Bertz CT molecular complexity index is 768. The Morgan fingerprint density at radius 3 is 2.48 bits per heavy atom. The molecule has 2 aliphatic rings. The average Bonchev–Trinajstić information content (AvgIpc) is 2.67. The van der Waals surface area contributed by atoms with Crippen LogP contribution in [0.5, 0.6) is 0 Å². The molecule has 2 fully saturated rings. The Morgan fingerprint density at radius 2 is 1.81 bits per heavy atom. The summed E-state index contributed by atoms with van der Waals surface area (Å²) in [6.07, 6.45) is 4.11. The molecule has 0 aromatic heterocycles. The molecule has 6 nitrogen and oxygen atoms in total. The van der Waals surface area contributed by atoms with Crippen LogP contribution in [0.2, 0.25) is 0 Å². The third kappa shape index (κ3) is 4.33. The highest BCUT2D eigenvalue weighted by atomic mass is 32.2. The fraction of sp³-hybridized carbons (Fsp3) is 0.632. The van der Waals surface area contributed by atoms with Crippen molar-refractivity contribution < 1.29 is 22.7 Å². The normalized spacial score (nSPS) is 27.3. The van der Waals surface area contributed by atoms with Crippen LogP contribution in [0.25, 0.3) is 0 Å². The van der Waals surface area contributed by atoms with E-state index >= 15 is 0 Å². The van der Waals surface area contributed by atoms with Crippen molar-refractivity contribution in [3.63, 3.8) is 0 Å². The van der Waals surface area contributed by atoms with Gasteiger partial charge in [-0.25, -0.2) is 12.8 Å². The van der Waals surface area contributed by atoms with Crippen LogP contribution in [0.1, 0.15) is 38.5 Å². The fourth-order valence-corrected chi connectivity index (χ4v) is 5.64. The van der Waals surface area contributed by atoms with Crippen LogP contribution in [-0.2, 0) is 14.8 Å². The number of piperidine rings is 1. The number of nitrogens with zero attached hydrogens (tertiary/aromatic N) is 2. The van der Waals surface area contributed by atoms with Crippen LogP contribution >= 0.6 is 0 Å². The van der Waals surface area contributed by atoms with Crippen LogP contribution in [0.4, 0.5) is 4.39 Å². The Labute approximate surface area is 160 Å². The summed E-state index contributed by atoms with van der Waals surface area (Å²) < 4.78 is 40.1. The molecule has 1 aliphatic carbocycles. The van der Waals surface area contributed by atoms with E-state index in [-0.39, 0.29) is 23.4 Å². The van der Waals surface area contributed by atoms with E-state index in [2.05, 4.69) is 0 Å². The van der Waals surface area contributed by atoms with Crippen LogP contribution in [0.3, 0.4) is 0 Å². The van der Waals surface area contributed by atoms with Crippen molar-refractivity contribution in [3.05, 3.63) is 30.1 Å². The zero-order chi connectivity index (χ0) is 19.6. The molecule has 1 heterocycles. The standard InChI is InChI=1S/C19H27FN2O4S/c1-21(17-6-2-3-7-18(17)23)19(24)14-5-4-12-22(13-14)27(25,26)16-10-8-15(20)9-11-16/h8-11,14,17-18,23H,2-7,12-13H2,1H3/t14-,17+,18+/m0/s1. The summed E-state index contributed by atoms with van der Waals surface area (Å²) in [4.78, 5) is 14.6. The smallest absolute Gasteiger partial charge is 0.243 e. The Kier molecular flexibility index (Phi) is 6.18. The second kappa shape index (κ2) is 8.24. The first-order valence-electron chi connectivity index (χ1n) is 9.51. The lowest BCUT2D eigenvalue weighted by Crippen LogP contribution is -2.51. The molecular weight excluding hydrogens is 371 g/mol. The molecule has 1 aromatic carbocycles. The summed E-state index contributed by atoms with van der Waals surface area (Å²) in [6.45, 7) is 0.463. The van der Waals surface area contributed by atoms with E-state index in [0.717, 1.165) is 31.4 Å². The summed E-state index contributed by atoms with van der Waals surface area (Å²) in [6, 6.07) is 4.55. The lowest BCUT2D eigenvalue weighted by atomic mass is 9.90. The van der Waals surface area contributed by atoms with Crippen molar-refractivity contribution >= 4 is 15.9 Å². The molecule has 8 heteroatoms. The molecule has 1 aliphatic heterocycles. The van der Waals surface area contributed by atoms with Gasteiger partial charge in [0.25, 0.3) is 0 Å². The van der Waals surface area contributed by atoms with E-state index in [9.17, 15) is 22.7 Å². The van der Waals surface area contributed by atoms with Gasteiger partial charge in [0.15, 0.2) is 0 Å². The maximum Gasteiger partial charge on any atom is 0.243 e. The van der Waals surface area contributed by atoms with Crippen molar-refractivity contribution in [2.45, 2.75) is 55.6 Å². The predicted molar refractivity (Wildman–Crippen MR) is 98.9 cm³/mol. The number of benzene rings is 1. The van der Waals surface area contributed by atoms with Crippen molar-refractivity contribution in [2.75, 3.05) is 20.1 Å². The highest BCUT2D eigenvalue weighted by Gasteiger charge is 2.37. The van der Waals surface area contributed by atoms with Gasteiger partial charge < -0.3 is 10.0 Å². The van der Waals surface area contributed by atoms with Gasteiger partial charge in [-0.15, -0.1) is 0 Å². The van der Waals surface area contributed by atoms with Crippen LogP contribution < -0.4 is 0 Å². The number of halogens is 1. The molecule has 0 radical (unpaired) electrons. The first-order chi connectivity index (χ1) is 12.8. The van der Waals surface area contributed by atoms with E-state index in [1.165, 1.54) is 16.4 Å². The van der Waals surface area contributed by atoms with Gasteiger partial charge in [0.05, 0.1) is 23.0 Å². The predicted octanol–water partition coefficient (Wildman–Crippen LogP) is 1.99. The van der Waals surface area contributed by atoms with Gasteiger partial charge in [-0.2, -0.15) is 4.31 Å². The number of hydrogen-bond donors (Lipinski definition) is 1. The third-order valence-corrected chi connectivity index (χ3v) is 7.60. The number of amides is 1. The van der Waals surface area contributed by atoms with Gasteiger partial charge in [0.2, 0.25) is 15.9 Å². The highest BCUT2D eigenvalue weighted by Crippen LogP contribution is 2.28. The van der Waals surface area contributed by atoms with E-state index in [1.807, 2.05) is 0 Å². The zero-order valence-corrected chi connectivity index (χ0v) is 16.4. The maximum absolute atomic E-state index is 13.1. The quantitative estimate of drug-likeness (QED) is 0.841. The minimum atomic E-state index is -3.76. The first kappa shape index (κ1) is 20.2. The van der Waals surface area contributed by atoms with Crippen molar-refractivity contribution in [1.29, 1.82) is 0 Å². The van der Waals surface area contributed by atoms with Crippen molar-refractivity contribution in [2.24, 2.45) is 5.92 Å². The maximum atomic E-state index is 13.1. The summed E-state index contributed by atoms with van der Waals surface area (Å²) in [5.41, 5.74) is 0. The largest absolute Gasteiger partial charge is 0.391 e. The highest BCUT2D eigenvalue weighted by molar-refractivity contribution is 7.89. The average molecular weight is 399 g/mol. The number of aliphatic hydroxyl groups is 1. The number of likely N-dealkylation sites (N-methyl/N-ethyl adjacent to an activating group) is 1. The van der Waals surface area contributed by atoms with E-state index in [0.29, 0.717) is 25.8 Å². The lowest BCUT2D eigenvalue weighted by Gasteiger charge is -2.39. The number of carbonyl (C=O) groups is 1. The third-order valence-electron chi connectivity index (χ3n) is 5.72. The first-order valence-corrected chi connectivity index (χ1v) is 10.9. The minimum absolute atomic E-state index is 0.0352. The summed E-state index contributed by atoms with van der Waals surface area (Å²) in [5.74, 6) is -1.03. The summed E-state index contributed by atoms with van der Waals surface area (Å²) in [7, 11) is -2.06. The topological polar surface area (TPSA) is 77.9 Å². The Morgan fingerprint density at radius 1 is 1.15 bits per heavy atom. The number of sulfonamides is 1. The molecule has 3 atom stereocenters. The summed E-state index contributed by atoms with van der Waals surface area (Å²) in [5, 5.41) is 10.2. The number of rotatable bonds is 4. The molecule has 150 valence electrons.